The van der Waals surface area contributed by atoms with Crippen LogP contribution in [0.1, 0.15) is 40.4 Å². The number of nitrogens with zero attached hydrogens (tertiary/aromatic N) is 1. The molecule has 0 spiro atoms. The Balaban J connectivity index is 2.94. The number of H-pyrrole nitrogens is 1. The molecule has 0 aliphatic carbocycles. The number of hydrogen-bond acceptors (Lipinski definition) is 3. The van der Waals surface area contributed by atoms with Gasteiger partial charge in [-0.1, -0.05) is 26.1 Å². The SMILES string of the molecule is CC(C)Cc1nc(=S)cc(NC(C)(C)C)[nH]1. The normalized spacial score (nSPS) is 11.9. The predicted molar refractivity (Wildman–Crippen MR) is 71.3 cm³/mol. The van der Waals surface area contributed by atoms with E-state index in [-0.39, 0.29) is 5.54 Å². The minimum Gasteiger partial charge on any atom is -0.367 e. The first-order chi connectivity index (χ1) is 7.26. The van der Waals surface area contributed by atoms with Gasteiger partial charge in [-0.15, -0.1) is 0 Å². The predicted octanol–water partition coefficient (Wildman–Crippen LogP) is 3.55. The summed E-state index contributed by atoms with van der Waals surface area (Å²) in [7, 11) is 0. The molecule has 0 bridgehead atoms. The maximum absolute atomic E-state index is 5.16. The van der Waals surface area contributed by atoms with Gasteiger partial charge in [-0.05, 0) is 26.7 Å². The molecule has 90 valence electrons. The number of hydrogen-bond donors (Lipinski definition) is 2. The van der Waals surface area contributed by atoms with E-state index in [0.717, 1.165) is 18.1 Å². The van der Waals surface area contributed by atoms with Crippen molar-refractivity contribution >= 4 is 18.0 Å². The highest BCUT2D eigenvalue weighted by Crippen LogP contribution is 2.13. The van der Waals surface area contributed by atoms with Gasteiger partial charge in [0.15, 0.2) is 0 Å². The second-order valence-corrected chi connectivity index (χ2v) is 5.97. The molecule has 0 amide bonds. The van der Waals surface area contributed by atoms with E-state index in [2.05, 4.69) is 49.9 Å². The van der Waals surface area contributed by atoms with Crippen molar-refractivity contribution in [1.82, 2.24) is 9.97 Å². The third-order valence-electron chi connectivity index (χ3n) is 1.90. The van der Waals surface area contributed by atoms with Gasteiger partial charge in [0.1, 0.15) is 16.3 Å². The highest BCUT2D eigenvalue weighted by molar-refractivity contribution is 7.71. The number of aromatic nitrogens is 2. The van der Waals surface area contributed by atoms with E-state index >= 15 is 0 Å². The highest BCUT2D eigenvalue weighted by Gasteiger charge is 2.10. The van der Waals surface area contributed by atoms with Crippen molar-refractivity contribution in [2.75, 3.05) is 5.32 Å². The lowest BCUT2D eigenvalue weighted by Gasteiger charge is -2.22. The Bertz CT molecular complexity index is 401. The summed E-state index contributed by atoms with van der Waals surface area (Å²) in [6.45, 7) is 10.7. The van der Waals surface area contributed by atoms with Crippen LogP contribution in [0.5, 0.6) is 0 Å². The number of nitrogens with one attached hydrogen (secondary N) is 2. The van der Waals surface area contributed by atoms with Gasteiger partial charge in [0, 0.05) is 18.0 Å². The Morgan fingerprint density at radius 1 is 1.44 bits per heavy atom. The lowest BCUT2D eigenvalue weighted by atomic mass is 10.1. The third kappa shape index (κ3) is 4.75. The molecule has 0 unspecified atom stereocenters. The van der Waals surface area contributed by atoms with Crippen LogP contribution in [0.15, 0.2) is 6.07 Å². The zero-order valence-corrected chi connectivity index (χ0v) is 11.5. The molecule has 0 atom stereocenters. The number of rotatable bonds is 3. The van der Waals surface area contributed by atoms with Crippen LogP contribution in [0, 0.1) is 10.6 Å². The first-order valence-electron chi connectivity index (χ1n) is 5.65. The molecule has 1 aromatic heterocycles. The topological polar surface area (TPSA) is 40.7 Å². The Morgan fingerprint density at radius 2 is 2.06 bits per heavy atom. The summed E-state index contributed by atoms with van der Waals surface area (Å²) in [5, 5.41) is 3.37. The fraction of sp³-hybridized carbons (Fsp3) is 0.667. The molecule has 1 rings (SSSR count). The zero-order chi connectivity index (χ0) is 12.3. The monoisotopic (exact) mass is 239 g/mol. The van der Waals surface area contributed by atoms with Crippen LogP contribution in [0.4, 0.5) is 5.82 Å². The second kappa shape index (κ2) is 4.95. The summed E-state index contributed by atoms with van der Waals surface area (Å²) in [5.41, 5.74) is 0.0225. The van der Waals surface area contributed by atoms with Crippen LogP contribution < -0.4 is 5.32 Å². The molecular weight excluding hydrogens is 218 g/mol. The zero-order valence-electron chi connectivity index (χ0n) is 10.7. The van der Waals surface area contributed by atoms with Crippen molar-refractivity contribution in [2.24, 2.45) is 5.92 Å². The van der Waals surface area contributed by atoms with Gasteiger partial charge in [0.05, 0.1) is 0 Å². The molecule has 0 fully saturated rings. The van der Waals surface area contributed by atoms with Gasteiger partial charge < -0.3 is 10.3 Å². The van der Waals surface area contributed by atoms with Crippen LogP contribution in [-0.2, 0) is 6.42 Å². The average Bonchev–Trinajstić information content (AvgIpc) is 1.96. The first-order valence-corrected chi connectivity index (χ1v) is 6.05. The quantitative estimate of drug-likeness (QED) is 0.793. The summed E-state index contributed by atoms with van der Waals surface area (Å²) in [4.78, 5) is 7.61. The molecule has 0 radical (unpaired) electrons. The number of anilines is 1. The molecule has 0 aliphatic rings. The first kappa shape index (κ1) is 13.2. The molecule has 1 aromatic rings. The molecule has 2 N–H and O–H groups in total. The van der Waals surface area contributed by atoms with Gasteiger partial charge in [-0.25, -0.2) is 4.98 Å². The van der Waals surface area contributed by atoms with Gasteiger partial charge in [-0.2, -0.15) is 0 Å². The van der Waals surface area contributed by atoms with Gasteiger partial charge in [0.2, 0.25) is 0 Å². The van der Waals surface area contributed by atoms with E-state index in [4.69, 9.17) is 12.2 Å². The largest absolute Gasteiger partial charge is 0.367 e. The Kier molecular flexibility index (Phi) is 4.08. The summed E-state index contributed by atoms with van der Waals surface area (Å²) >= 11 is 5.16. The molecule has 0 aromatic carbocycles. The second-order valence-electron chi connectivity index (χ2n) is 5.55. The summed E-state index contributed by atoms with van der Waals surface area (Å²) in [5.74, 6) is 2.47. The van der Waals surface area contributed by atoms with Crippen molar-refractivity contribution in [2.45, 2.75) is 46.6 Å². The molecular formula is C12H21N3S. The summed E-state index contributed by atoms with van der Waals surface area (Å²) in [6.07, 6.45) is 0.920. The van der Waals surface area contributed by atoms with E-state index in [1.54, 1.807) is 0 Å². The standard InChI is InChI=1S/C12H21N3S/c1-8(2)6-9-13-10(7-11(16)14-9)15-12(3,4)5/h7-8H,6H2,1-5H3,(H2,13,14,15,16). The molecule has 4 heteroatoms. The van der Waals surface area contributed by atoms with Crippen molar-refractivity contribution in [3.05, 3.63) is 16.5 Å². The van der Waals surface area contributed by atoms with Crippen LogP contribution in [-0.4, -0.2) is 15.5 Å². The van der Waals surface area contributed by atoms with E-state index < -0.39 is 0 Å². The van der Waals surface area contributed by atoms with Crippen LogP contribution in [0.3, 0.4) is 0 Å². The fourth-order valence-corrected chi connectivity index (χ4v) is 1.69. The maximum Gasteiger partial charge on any atom is 0.131 e. The van der Waals surface area contributed by atoms with Gasteiger partial charge in [-0.3, -0.25) is 0 Å². The van der Waals surface area contributed by atoms with Crippen molar-refractivity contribution < 1.29 is 0 Å². The Morgan fingerprint density at radius 3 is 2.56 bits per heavy atom. The van der Waals surface area contributed by atoms with Crippen molar-refractivity contribution in [3.8, 4) is 0 Å². The molecule has 0 aliphatic heterocycles. The summed E-state index contributed by atoms with van der Waals surface area (Å²) < 4.78 is 0.640. The fourth-order valence-electron chi connectivity index (χ4n) is 1.46. The van der Waals surface area contributed by atoms with Gasteiger partial charge >= 0.3 is 0 Å². The average molecular weight is 239 g/mol. The molecule has 16 heavy (non-hydrogen) atoms. The molecule has 0 saturated carbocycles. The van der Waals surface area contributed by atoms with E-state index in [0.29, 0.717) is 10.6 Å². The van der Waals surface area contributed by atoms with Crippen LogP contribution in [0.25, 0.3) is 0 Å². The molecule has 3 nitrogen and oxygen atoms in total. The van der Waals surface area contributed by atoms with Crippen molar-refractivity contribution in [3.63, 3.8) is 0 Å². The van der Waals surface area contributed by atoms with Crippen molar-refractivity contribution in [1.29, 1.82) is 0 Å². The highest BCUT2D eigenvalue weighted by atomic mass is 32.1. The number of aromatic amines is 1. The lowest BCUT2D eigenvalue weighted by Crippen LogP contribution is -2.27. The van der Waals surface area contributed by atoms with E-state index in [1.165, 1.54) is 0 Å². The van der Waals surface area contributed by atoms with E-state index in [1.807, 2.05) is 6.07 Å². The Hall–Kier alpha value is -0.900. The van der Waals surface area contributed by atoms with Crippen LogP contribution >= 0.6 is 12.2 Å². The maximum atomic E-state index is 5.16. The molecule has 1 heterocycles. The smallest absolute Gasteiger partial charge is 0.131 e. The minimum atomic E-state index is 0.0225. The Labute approximate surface area is 103 Å². The molecule has 0 saturated heterocycles. The van der Waals surface area contributed by atoms with Crippen LogP contribution in [0.2, 0.25) is 0 Å². The summed E-state index contributed by atoms with van der Waals surface area (Å²) in [6, 6.07) is 1.87. The van der Waals surface area contributed by atoms with E-state index in [9.17, 15) is 0 Å². The lowest BCUT2D eigenvalue weighted by molar-refractivity contribution is 0.610. The van der Waals surface area contributed by atoms with Gasteiger partial charge in [0.25, 0.3) is 0 Å². The minimum absolute atomic E-state index is 0.0225. The third-order valence-corrected chi connectivity index (χ3v) is 2.11.